The predicted octanol–water partition coefficient (Wildman–Crippen LogP) is 3.51. The number of nitrogens with one attached hydrogen (secondary N) is 1. The summed E-state index contributed by atoms with van der Waals surface area (Å²) in [6.07, 6.45) is 1.46. The Balaban J connectivity index is 1.27. The Labute approximate surface area is 152 Å². The van der Waals surface area contributed by atoms with Gasteiger partial charge in [0.1, 0.15) is 0 Å². The summed E-state index contributed by atoms with van der Waals surface area (Å²) in [7, 11) is 0. The summed E-state index contributed by atoms with van der Waals surface area (Å²) in [4.78, 5) is 12.3. The van der Waals surface area contributed by atoms with E-state index in [1.807, 2.05) is 42.5 Å². The smallest absolute Gasteiger partial charge is 0.247 e. The minimum atomic E-state index is 0.0821. The second-order valence-corrected chi connectivity index (χ2v) is 6.71. The van der Waals surface area contributed by atoms with Crippen molar-refractivity contribution in [2.24, 2.45) is 5.92 Å². The first kappa shape index (κ1) is 16.5. The Bertz CT molecular complexity index is 904. The highest BCUT2D eigenvalue weighted by Crippen LogP contribution is 2.48. The first-order chi connectivity index (χ1) is 12.7. The van der Waals surface area contributed by atoms with Crippen LogP contribution in [0.1, 0.15) is 29.4 Å². The van der Waals surface area contributed by atoms with Gasteiger partial charge in [0.25, 0.3) is 0 Å². The van der Waals surface area contributed by atoms with Crippen molar-refractivity contribution in [3.05, 3.63) is 71.6 Å². The summed E-state index contributed by atoms with van der Waals surface area (Å²) in [5.41, 5.74) is 3.44. The molecule has 0 bridgehead atoms. The fourth-order valence-electron chi connectivity index (χ4n) is 3.31. The van der Waals surface area contributed by atoms with E-state index in [2.05, 4.69) is 34.6 Å². The van der Waals surface area contributed by atoms with Gasteiger partial charge in [-0.05, 0) is 42.5 Å². The van der Waals surface area contributed by atoms with Gasteiger partial charge >= 0.3 is 0 Å². The Morgan fingerprint density at radius 1 is 1.12 bits per heavy atom. The van der Waals surface area contributed by atoms with Gasteiger partial charge in [0.05, 0.1) is 0 Å². The standard InChI is InChI=1S/C21H21N3O2/c1-14-7-5-6-10-16(14)17-13-18(17)20(25)22-12-11-19-23-24-21(26-19)15-8-3-2-4-9-15/h2-10,17-18H,11-13H2,1H3,(H,22,25). The zero-order valence-electron chi connectivity index (χ0n) is 14.7. The van der Waals surface area contributed by atoms with Gasteiger partial charge in [-0.3, -0.25) is 4.79 Å². The third kappa shape index (κ3) is 3.52. The summed E-state index contributed by atoms with van der Waals surface area (Å²) in [5, 5.41) is 11.1. The fourth-order valence-corrected chi connectivity index (χ4v) is 3.31. The quantitative estimate of drug-likeness (QED) is 0.741. The van der Waals surface area contributed by atoms with Gasteiger partial charge in [-0.25, -0.2) is 0 Å². The molecule has 132 valence electrons. The highest BCUT2D eigenvalue weighted by molar-refractivity contribution is 5.83. The topological polar surface area (TPSA) is 68.0 Å². The second kappa shape index (κ2) is 7.12. The first-order valence-electron chi connectivity index (χ1n) is 8.93. The molecule has 1 N–H and O–H groups in total. The number of nitrogens with zero attached hydrogens (tertiary/aromatic N) is 2. The van der Waals surface area contributed by atoms with E-state index in [0.717, 1.165) is 12.0 Å². The van der Waals surface area contributed by atoms with E-state index in [1.54, 1.807) is 0 Å². The van der Waals surface area contributed by atoms with Crippen LogP contribution in [-0.2, 0) is 11.2 Å². The number of hydrogen-bond donors (Lipinski definition) is 1. The number of benzene rings is 2. The Hall–Kier alpha value is -2.95. The highest BCUT2D eigenvalue weighted by Gasteiger charge is 2.44. The number of amides is 1. The van der Waals surface area contributed by atoms with Crippen LogP contribution in [0, 0.1) is 12.8 Å². The largest absolute Gasteiger partial charge is 0.421 e. The van der Waals surface area contributed by atoms with Gasteiger partial charge in [0.2, 0.25) is 17.7 Å². The third-order valence-corrected chi connectivity index (χ3v) is 4.84. The molecule has 1 aliphatic carbocycles. The lowest BCUT2D eigenvalue weighted by molar-refractivity contribution is -0.122. The van der Waals surface area contributed by atoms with Crippen molar-refractivity contribution in [3.63, 3.8) is 0 Å². The zero-order valence-corrected chi connectivity index (χ0v) is 14.7. The van der Waals surface area contributed by atoms with Gasteiger partial charge in [-0.15, -0.1) is 10.2 Å². The van der Waals surface area contributed by atoms with Crippen molar-refractivity contribution in [2.45, 2.75) is 25.7 Å². The molecule has 5 heteroatoms. The molecule has 26 heavy (non-hydrogen) atoms. The van der Waals surface area contributed by atoms with E-state index in [1.165, 1.54) is 11.1 Å². The Morgan fingerprint density at radius 2 is 1.88 bits per heavy atom. The van der Waals surface area contributed by atoms with Gasteiger partial charge in [-0.1, -0.05) is 42.5 Å². The average Bonchev–Trinajstić information content (AvgIpc) is 3.33. The zero-order chi connectivity index (χ0) is 17.9. The normalized spacial score (nSPS) is 18.5. The number of rotatable bonds is 6. The number of aryl methyl sites for hydroxylation is 1. The van der Waals surface area contributed by atoms with E-state index in [4.69, 9.17) is 4.42 Å². The molecular formula is C21H21N3O2. The van der Waals surface area contributed by atoms with Crippen molar-refractivity contribution in [3.8, 4) is 11.5 Å². The van der Waals surface area contributed by atoms with Gasteiger partial charge in [-0.2, -0.15) is 0 Å². The number of carbonyl (C=O) groups is 1. The van der Waals surface area contributed by atoms with E-state index in [0.29, 0.717) is 30.7 Å². The monoisotopic (exact) mass is 347 g/mol. The van der Waals surface area contributed by atoms with Crippen LogP contribution in [0.5, 0.6) is 0 Å². The lowest BCUT2D eigenvalue weighted by Gasteiger charge is -2.05. The summed E-state index contributed by atoms with van der Waals surface area (Å²) in [5.74, 6) is 1.59. The lowest BCUT2D eigenvalue weighted by Crippen LogP contribution is -2.27. The van der Waals surface area contributed by atoms with Gasteiger partial charge in [0, 0.05) is 24.4 Å². The predicted molar refractivity (Wildman–Crippen MR) is 98.5 cm³/mol. The molecule has 0 saturated heterocycles. The third-order valence-electron chi connectivity index (χ3n) is 4.84. The molecule has 3 aromatic rings. The summed E-state index contributed by atoms with van der Waals surface area (Å²) in [6.45, 7) is 2.61. The van der Waals surface area contributed by atoms with Crippen LogP contribution in [0.4, 0.5) is 0 Å². The number of carbonyl (C=O) groups excluding carboxylic acids is 1. The molecule has 2 unspecified atom stereocenters. The molecule has 1 fully saturated rings. The molecule has 1 heterocycles. The number of aromatic nitrogens is 2. The molecule has 1 aromatic heterocycles. The van der Waals surface area contributed by atoms with Crippen molar-refractivity contribution in [1.29, 1.82) is 0 Å². The number of hydrogen-bond acceptors (Lipinski definition) is 4. The minimum Gasteiger partial charge on any atom is -0.421 e. The van der Waals surface area contributed by atoms with Crippen LogP contribution in [0.15, 0.2) is 59.0 Å². The maximum atomic E-state index is 12.3. The maximum absolute atomic E-state index is 12.3. The minimum absolute atomic E-state index is 0.0821. The highest BCUT2D eigenvalue weighted by atomic mass is 16.4. The maximum Gasteiger partial charge on any atom is 0.247 e. The van der Waals surface area contributed by atoms with Crippen LogP contribution < -0.4 is 5.32 Å². The van der Waals surface area contributed by atoms with Crippen LogP contribution in [0.25, 0.3) is 11.5 Å². The lowest BCUT2D eigenvalue weighted by atomic mass is 10.0. The van der Waals surface area contributed by atoms with Crippen LogP contribution in [-0.4, -0.2) is 22.6 Å². The van der Waals surface area contributed by atoms with E-state index < -0.39 is 0 Å². The van der Waals surface area contributed by atoms with Gasteiger partial charge < -0.3 is 9.73 Å². The van der Waals surface area contributed by atoms with Crippen molar-refractivity contribution in [2.75, 3.05) is 6.54 Å². The molecule has 4 rings (SSSR count). The van der Waals surface area contributed by atoms with E-state index in [9.17, 15) is 4.79 Å². The molecule has 1 aliphatic rings. The molecule has 2 aromatic carbocycles. The molecule has 0 aliphatic heterocycles. The fraction of sp³-hybridized carbons (Fsp3) is 0.286. The summed E-state index contributed by atoms with van der Waals surface area (Å²) < 4.78 is 5.66. The molecule has 2 atom stereocenters. The molecular weight excluding hydrogens is 326 g/mol. The molecule has 0 radical (unpaired) electrons. The van der Waals surface area contributed by atoms with Crippen LogP contribution >= 0.6 is 0 Å². The van der Waals surface area contributed by atoms with Crippen LogP contribution in [0.2, 0.25) is 0 Å². The Kier molecular flexibility index (Phi) is 4.52. The Morgan fingerprint density at radius 3 is 2.69 bits per heavy atom. The molecule has 1 saturated carbocycles. The summed E-state index contributed by atoms with van der Waals surface area (Å²) >= 11 is 0. The van der Waals surface area contributed by atoms with Crippen LogP contribution in [0.3, 0.4) is 0 Å². The SMILES string of the molecule is Cc1ccccc1C1CC1C(=O)NCCc1nnc(-c2ccccc2)o1. The average molecular weight is 347 g/mol. The second-order valence-electron chi connectivity index (χ2n) is 6.71. The van der Waals surface area contributed by atoms with E-state index in [-0.39, 0.29) is 11.8 Å². The van der Waals surface area contributed by atoms with E-state index >= 15 is 0 Å². The van der Waals surface area contributed by atoms with Crippen molar-refractivity contribution >= 4 is 5.91 Å². The first-order valence-corrected chi connectivity index (χ1v) is 8.93. The molecule has 5 nitrogen and oxygen atoms in total. The molecule has 1 amide bonds. The van der Waals surface area contributed by atoms with Crippen molar-refractivity contribution in [1.82, 2.24) is 15.5 Å². The molecule has 0 spiro atoms. The van der Waals surface area contributed by atoms with Gasteiger partial charge in [0.15, 0.2) is 0 Å². The summed E-state index contributed by atoms with van der Waals surface area (Å²) in [6, 6.07) is 18.0. The van der Waals surface area contributed by atoms with Crippen molar-refractivity contribution < 1.29 is 9.21 Å².